The summed E-state index contributed by atoms with van der Waals surface area (Å²) in [4.78, 5) is 22.4. The van der Waals surface area contributed by atoms with Crippen molar-refractivity contribution in [2.75, 3.05) is 6.61 Å². The molecule has 0 radical (unpaired) electrons. The highest BCUT2D eigenvalue weighted by atomic mass is 35.5. The number of benzene rings is 1. The molecule has 1 aromatic rings. The lowest BCUT2D eigenvalue weighted by Gasteiger charge is -2.20. The summed E-state index contributed by atoms with van der Waals surface area (Å²) in [5.41, 5.74) is -0.670. The summed E-state index contributed by atoms with van der Waals surface area (Å²) >= 11 is 5.80. The molecule has 0 saturated carbocycles. The number of hydrogen-bond acceptors (Lipinski definition) is 3. The lowest BCUT2D eigenvalue weighted by Crippen LogP contribution is -2.30. The van der Waals surface area contributed by atoms with Gasteiger partial charge in [0.1, 0.15) is 12.4 Å². The van der Waals surface area contributed by atoms with Crippen molar-refractivity contribution in [3.8, 4) is 5.75 Å². The number of carbonyl (C=O) groups excluding carboxylic acids is 1. The van der Waals surface area contributed by atoms with Gasteiger partial charge in [0.25, 0.3) is 0 Å². The molecule has 0 spiro atoms. The third kappa shape index (κ3) is 3.47. The van der Waals surface area contributed by atoms with Crippen molar-refractivity contribution in [1.29, 1.82) is 0 Å². The molecule has 0 atom stereocenters. The van der Waals surface area contributed by atoms with Gasteiger partial charge in [0, 0.05) is 5.02 Å². The number of ketones is 1. The molecule has 5 heteroatoms. The molecule has 0 bridgehead atoms. The smallest absolute Gasteiger partial charge is 0.312 e. The van der Waals surface area contributed by atoms with Crippen molar-refractivity contribution < 1.29 is 19.4 Å². The van der Waals surface area contributed by atoms with Crippen molar-refractivity contribution in [3.63, 3.8) is 0 Å². The molecule has 0 fully saturated rings. The Morgan fingerprint density at radius 1 is 1.39 bits per heavy atom. The van der Waals surface area contributed by atoms with Gasteiger partial charge in [0.2, 0.25) is 0 Å². The maximum atomic E-state index is 11.4. The van der Waals surface area contributed by atoms with E-state index in [0.29, 0.717) is 16.3 Å². The summed E-state index contributed by atoms with van der Waals surface area (Å²) in [6.07, 6.45) is 0. The van der Waals surface area contributed by atoms with Gasteiger partial charge in [-0.2, -0.15) is 0 Å². The molecule has 18 heavy (non-hydrogen) atoms. The van der Waals surface area contributed by atoms with Crippen LogP contribution in [0.4, 0.5) is 0 Å². The van der Waals surface area contributed by atoms with Gasteiger partial charge in [0.15, 0.2) is 5.78 Å². The summed E-state index contributed by atoms with van der Waals surface area (Å²) in [5.74, 6) is -0.789. The minimum absolute atomic E-state index is 0.0236. The summed E-state index contributed by atoms with van der Waals surface area (Å²) < 4.78 is 5.42. The maximum absolute atomic E-state index is 11.4. The van der Waals surface area contributed by atoms with Crippen LogP contribution in [0.2, 0.25) is 5.02 Å². The Labute approximate surface area is 111 Å². The van der Waals surface area contributed by atoms with E-state index in [-0.39, 0.29) is 12.4 Å². The molecule has 0 amide bonds. The van der Waals surface area contributed by atoms with E-state index in [9.17, 15) is 9.59 Å². The minimum Gasteiger partial charge on any atom is -0.492 e. The van der Waals surface area contributed by atoms with Crippen LogP contribution in [0.3, 0.4) is 0 Å². The molecule has 1 aromatic carbocycles. The first-order chi connectivity index (χ1) is 8.24. The van der Waals surface area contributed by atoms with E-state index < -0.39 is 11.4 Å². The molecule has 0 aliphatic rings. The van der Waals surface area contributed by atoms with Crippen molar-refractivity contribution >= 4 is 23.4 Å². The molecule has 0 aliphatic carbocycles. The zero-order valence-electron chi connectivity index (χ0n) is 10.5. The number of rotatable bonds is 5. The van der Waals surface area contributed by atoms with Crippen LogP contribution in [-0.4, -0.2) is 23.5 Å². The van der Waals surface area contributed by atoms with Crippen molar-refractivity contribution in [1.82, 2.24) is 0 Å². The van der Waals surface area contributed by atoms with Crippen LogP contribution in [0.15, 0.2) is 18.2 Å². The lowest BCUT2D eigenvalue weighted by atomic mass is 9.95. The molecule has 0 aromatic heterocycles. The Morgan fingerprint density at radius 3 is 2.50 bits per heavy atom. The SMILES string of the molecule is CC(=O)c1cc(Cl)ccc1OCC(C)(C)C(=O)O. The Balaban J connectivity index is 2.92. The van der Waals surface area contributed by atoms with Crippen molar-refractivity contribution in [3.05, 3.63) is 28.8 Å². The van der Waals surface area contributed by atoms with Gasteiger partial charge >= 0.3 is 5.97 Å². The molecule has 0 aliphatic heterocycles. The number of carboxylic acid groups (broad SMARTS) is 1. The topological polar surface area (TPSA) is 63.6 Å². The number of hydrogen-bond donors (Lipinski definition) is 1. The molecular formula is C13H15ClO4. The predicted molar refractivity (Wildman–Crippen MR) is 68.4 cm³/mol. The van der Waals surface area contributed by atoms with Crippen LogP contribution in [0.5, 0.6) is 5.75 Å². The van der Waals surface area contributed by atoms with Crippen LogP contribution >= 0.6 is 11.6 Å². The average molecular weight is 271 g/mol. The fourth-order valence-corrected chi connectivity index (χ4v) is 1.40. The van der Waals surface area contributed by atoms with Gasteiger partial charge in [-0.25, -0.2) is 0 Å². The lowest BCUT2D eigenvalue weighted by molar-refractivity contribution is -0.148. The quantitative estimate of drug-likeness (QED) is 0.836. The second-order valence-electron chi connectivity index (χ2n) is 4.67. The number of ether oxygens (including phenoxy) is 1. The molecule has 1 N–H and O–H groups in total. The van der Waals surface area contributed by atoms with Crippen LogP contribution in [0.25, 0.3) is 0 Å². The first kappa shape index (κ1) is 14.5. The second kappa shape index (κ2) is 5.40. The average Bonchev–Trinajstić information content (AvgIpc) is 2.27. The number of carboxylic acids is 1. The highest BCUT2D eigenvalue weighted by Crippen LogP contribution is 2.25. The molecule has 4 nitrogen and oxygen atoms in total. The van der Waals surface area contributed by atoms with Crippen LogP contribution in [0.1, 0.15) is 31.1 Å². The molecular weight excluding hydrogens is 256 g/mol. The van der Waals surface area contributed by atoms with Crippen LogP contribution in [-0.2, 0) is 4.79 Å². The first-order valence-corrected chi connectivity index (χ1v) is 5.78. The molecule has 0 unspecified atom stereocenters. The van der Waals surface area contributed by atoms with Gasteiger partial charge in [0.05, 0.1) is 11.0 Å². The fourth-order valence-electron chi connectivity index (χ4n) is 1.22. The summed E-state index contributed by atoms with van der Waals surface area (Å²) in [7, 11) is 0. The van der Waals surface area contributed by atoms with Gasteiger partial charge < -0.3 is 9.84 Å². The van der Waals surface area contributed by atoms with Crippen molar-refractivity contribution in [2.24, 2.45) is 5.41 Å². The van der Waals surface area contributed by atoms with Gasteiger partial charge in [-0.3, -0.25) is 9.59 Å². The van der Waals surface area contributed by atoms with Gasteiger partial charge in [-0.15, -0.1) is 0 Å². The van der Waals surface area contributed by atoms with E-state index in [1.165, 1.54) is 13.0 Å². The molecule has 0 saturated heterocycles. The Morgan fingerprint density at radius 2 is 2.00 bits per heavy atom. The Hall–Kier alpha value is -1.55. The predicted octanol–water partition coefficient (Wildman–Crippen LogP) is 3.03. The third-order valence-electron chi connectivity index (χ3n) is 2.49. The summed E-state index contributed by atoms with van der Waals surface area (Å²) in [6, 6.07) is 4.67. The molecule has 1 rings (SSSR count). The fraction of sp³-hybridized carbons (Fsp3) is 0.385. The minimum atomic E-state index is -1.02. The normalized spacial score (nSPS) is 11.1. The Kier molecular flexibility index (Phi) is 4.35. The highest BCUT2D eigenvalue weighted by Gasteiger charge is 2.28. The highest BCUT2D eigenvalue weighted by molar-refractivity contribution is 6.31. The van der Waals surface area contributed by atoms with Gasteiger partial charge in [-0.05, 0) is 39.0 Å². The monoisotopic (exact) mass is 270 g/mol. The number of carbonyl (C=O) groups is 2. The summed E-state index contributed by atoms with van der Waals surface area (Å²) in [5, 5.41) is 9.41. The van der Waals surface area contributed by atoms with E-state index in [2.05, 4.69) is 0 Å². The van der Waals surface area contributed by atoms with E-state index in [1.54, 1.807) is 26.0 Å². The van der Waals surface area contributed by atoms with Crippen LogP contribution < -0.4 is 4.74 Å². The first-order valence-electron chi connectivity index (χ1n) is 5.41. The van der Waals surface area contributed by atoms with Crippen LogP contribution in [0, 0.1) is 5.41 Å². The van der Waals surface area contributed by atoms with E-state index in [1.807, 2.05) is 0 Å². The second-order valence-corrected chi connectivity index (χ2v) is 5.11. The zero-order chi connectivity index (χ0) is 13.9. The standard InChI is InChI=1S/C13H15ClO4/c1-8(15)10-6-9(14)4-5-11(10)18-7-13(2,3)12(16)17/h4-6H,7H2,1-3H3,(H,16,17). The summed E-state index contributed by atoms with van der Waals surface area (Å²) in [6.45, 7) is 4.49. The number of Topliss-reactive ketones (excluding diaryl/α,β-unsaturated/α-hetero) is 1. The van der Waals surface area contributed by atoms with E-state index in [4.69, 9.17) is 21.4 Å². The van der Waals surface area contributed by atoms with Gasteiger partial charge in [-0.1, -0.05) is 11.6 Å². The largest absolute Gasteiger partial charge is 0.492 e. The van der Waals surface area contributed by atoms with E-state index >= 15 is 0 Å². The maximum Gasteiger partial charge on any atom is 0.312 e. The van der Waals surface area contributed by atoms with E-state index in [0.717, 1.165) is 0 Å². The molecule has 98 valence electrons. The number of aliphatic carboxylic acids is 1. The number of halogens is 1. The zero-order valence-corrected chi connectivity index (χ0v) is 11.2. The Bertz CT molecular complexity index is 480. The van der Waals surface area contributed by atoms with Crippen molar-refractivity contribution in [2.45, 2.75) is 20.8 Å². The third-order valence-corrected chi connectivity index (χ3v) is 2.72. The molecule has 0 heterocycles.